The minimum atomic E-state index is 0.0522. The standard InChI is InChI=1S/C20H25N2O2/c1-14(2)18-9-15(3)10-19(11-18)21-6-7-22(16(4)12-21)20(23)17-5-8-24-13-17/h5,8,10-11,13-14,16H,6-7,12H2,1-4H3/t16-/m1/s1. The number of anilines is 1. The summed E-state index contributed by atoms with van der Waals surface area (Å²) in [7, 11) is 0. The fourth-order valence-corrected chi connectivity index (χ4v) is 3.26. The molecule has 0 N–H and O–H groups in total. The highest BCUT2D eigenvalue weighted by Crippen LogP contribution is 2.26. The molecule has 1 amide bonds. The molecule has 1 aliphatic heterocycles. The van der Waals surface area contributed by atoms with E-state index >= 15 is 0 Å². The highest BCUT2D eigenvalue weighted by molar-refractivity contribution is 5.94. The number of aryl methyl sites for hydroxylation is 1. The molecule has 0 bridgehead atoms. The summed E-state index contributed by atoms with van der Waals surface area (Å²) in [6.07, 6.45) is 3.07. The van der Waals surface area contributed by atoms with Gasteiger partial charge in [0, 0.05) is 31.4 Å². The molecular weight excluding hydrogens is 300 g/mol. The van der Waals surface area contributed by atoms with Crippen LogP contribution in [-0.4, -0.2) is 36.5 Å². The summed E-state index contributed by atoms with van der Waals surface area (Å²) in [4.78, 5) is 16.9. The minimum absolute atomic E-state index is 0.0522. The minimum Gasteiger partial charge on any atom is -0.472 e. The summed E-state index contributed by atoms with van der Waals surface area (Å²) < 4.78 is 5.04. The van der Waals surface area contributed by atoms with E-state index in [1.807, 2.05) is 4.90 Å². The van der Waals surface area contributed by atoms with Gasteiger partial charge in [-0.2, -0.15) is 0 Å². The summed E-state index contributed by atoms with van der Waals surface area (Å²) >= 11 is 0. The Morgan fingerprint density at radius 3 is 2.75 bits per heavy atom. The van der Waals surface area contributed by atoms with Gasteiger partial charge in [0.05, 0.1) is 11.8 Å². The lowest BCUT2D eigenvalue weighted by atomic mass is 9.99. The van der Waals surface area contributed by atoms with Gasteiger partial charge in [-0.3, -0.25) is 4.79 Å². The topological polar surface area (TPSA) is 36.7 Å². The van der Waals surface area contributed by atoms with Gasteiger partial charge in [-0.1, -0.05) is 13.8 Å². The fraction of sp³-hybridized carbons (Fsp3) is 0.450. The largest absolute Gasteiger partial charge is 0.472 e. The Labute approximate surface area is 144 Å². The van der Waals surface area contributed by atoms with Crippen molar-refractivity contribution in [3.8, 4) is 0 Å². The molecule has 3 rings (SSSR count). The molecule has 1 saturated heterocycles. The third-order valence-electron chi connectivity index (χ3n) is 4.65. The first-order valence-electron chi connectivity index (χ1n) is 8.57. The van der Waals surface area contributed by atoms with Gasteiger partial charge in [0.1, 0.15) is 6.26 Å². The predicted molar refractivity (Wildman–Crippen MR) is 95.5 cm³/mol. The van der Waals surface area contributed by atoms with E-state index < -0.39 is 0 Å². The zero-order valence-electron chi connectivity index (χ0n) is 14.9. The Hall–Kier alpha value is -2.23. The third-order valence-corrected chi connectivity index (χ3v) is 4.65. The maximum Gasteiger partial charge on any atom is 0.257 e. The van der Waals surface area contributed by atoms with Gasteiger partial charge in [0.15, 0.2) is 0 Å². The van der Waals surface area contributed by atoms with Gasteiger partial charge in [0.2, 0.25) is 0 Å². The number of hydrogen-bond donors (Lipinski definition) is 0. The summed E-state index contributed by atoms with van der Waals surface area (Å²) in [6, 6.07) is 9.75. The Bertz CT molecular complexity index is 706. The third kappa shape index (κ3) is 3.32. The van der Waals surface area contributed by atoms with Crippen molar-refractivity contribution in [1.29, 1.82) is 0 Å². The predicted octanol–water partition coefficient (Wildman–Crippen LogP) is 3.86. The molecule has 2 heterocycles. The van der Waals surface area contributed by atoms with Crippen molar-refractivity contribution in [2.75, 3.05) is 24.5 Å². The van der Waals surface area contributed by atoms with Crippen molar-refractivity contribution in [1.82, 2.24) is 4.90 Å². The van der Waals surface area contributed by atoms with Gasteiger partial charge in [-0.05, 0) is 55.2 Å². The molecule has 1 aliphatic rings. The average molecular weight is 325 g/mol. The van der Waals surface area contributed by atoms with E-state index in [-0.39, 0.29) is 11.9 Å². The van der Waals surface area contributed by atoms with Crippen LogP contribution in [0.4, 0.5) is 5.69 Å². The quantitative estimate of drug-likeness (QED) is 0.860. The zero-order valence-corrected chi connectivity index (χ0v) is 14.9. The number of carbonyl (C=O) groups excluding carboxylic acids is 1. The molecule has 4 heteroatoms. The number of piperazine rings is 1. The van der Waals surface area contributed by atoms with E-state index in [2.05, 4.69) is 50.8 Å². The number of hydrogen-bond acceptors (Lipinski definition) is 3. The van der Waals surface area contributed by atoms with E-state index in [0.717, 1.165) is 19.6 Å². The molecule has 0 aliphatic carbocycles. The monoisotopic (exact) mass is 325 g/mol. The molecule has 1 aromatic heterocycles. The van der Waals surface area contributed by atoms with Crippen LogP contribution in [0.5, 0.6) is 0 Å². The molecule has 0 saturated carbocycles. The van der Waals surface area contributed by atoms with Crippen LogP contribution in [0.2, 0.25) is 0 Å². The van der Waals surface area contributed by atoms with Crippen LogP contribution >= 0.6 is 0 Å². The molecule has 1 aromatic carbocycles. The van der Waals surface area contributed by atoms with Crippen LogP contribution < -0.4 is 4.90 Å². The average Bonchev–Trinajstić information content (AvgIpc) is 3.08. The van der Waals surface area contributed by atoms with Crippen LogP contribution in [0.15, 0.2) is 35.1 Å². The van der Waals surface area contributed by atoms with Crippen molar-refractivity contribution >= 4 is 11.6 Å². The first-order chi connectivity index (χ1) is 11.5. The lowest BCUT2D eigenvalue weighted by Gasteiger charge is -2.41. The van der Waals surface area contributed by atoms with Crippen LogP contribution in [0.1, 0.15) is 48.2 Å². The molecular formula is C20H25N2O2. The molecule has 1 atom stereocenters. The van der Waals surface area contributed by atoms with Crippen LogP contribution in [0.3, 0.4) is 0 Å². The van der Waals surface area contributed by atoms with E-state index in [1.54, 1.807) is 12.3 Å². The van der Waals surface area contributed by atoms with Gasteiger partial charge >= 0.3 is 0 Å². The van der Waals surface area contributed by atoms with Crippen LogP contribution in [0, 0.1) is 13.0 Å². The molecule has 127 valence electrons. The second kappa shape index (κ2) is 6.71. The maximum absolute atomic E-state index is 12.6. The number of benzene rings is 1. The van der Waals surface area contributed by atoms with Gasteiger partial charge in [-0.25, -0.2) is 0 Å². The summed E-state index contributed by atoms with van der Waals surface area (Å²) in [5.41, 5.74) is 4.27. The smallest absolute Gasteiger partial charge is 0.257 e. The van der Waals surface area contributed by atoms with E-state index in [9.17, 15) is 4.79 Å². The van der Waals surface area contributed by atoms with Crippen molar-refractivity contribution in [2.45, 2.75) is 39.7 Å². The Balaban J connectivity index is 1.75. The van der Waals surface area contributed by atoms with Gasteiger partial charge in [0.25, 0.3) is 5.91 Å². The summed E-state index contributed by atoms with van der Waals surface area (Å²) in [5.74, 6) is 0.515. The highest BCUT2D eigenvalue weighted by atomic mass is 16.3. The van der Waals surface area contributed by atoms with Gasteiger partial charge < -0.3 is 14.2 Å². The van der Waals surface area contributed by atoms with Gasteiger partial charge in [-0.15, -0.1) is 0 Å². The lowest BCUT2D eigenvalue weighted by molar-refractivity contribution is 0.0673. The van der Waals surface area contributed by atoms with Crippen molar-refractivity contribution in [3.05, 3.63) is 53.5 Å². The van der Waals surface area contributed by atoms with E-state index in [0.29, 0.717) is 11.5 Å². The number of rotatable bonds is 3. The SMILES string of the molecule is Cc1[c]c(C(C)C)cc(N2CCN(C(=O)c3ccoc3)[C@H](C)C2)c1. The number of nitrogens with zero attached hydrogens (tertiary/aromatic N) is 2. The molecule has 0 unspecified atom stereocenters. The van der Waals surface area contributed by atoms with E-state index in [1.165, 1.54) is 23.1 Å². The molecule has 1 fully saturated rings. The highest BCUT2D eigenvalue weighted by Gasteiger charge is 2.28. The zero-order chi connectivity index (χ0) is 17.3. The molecule has 2 aromatic rings. The molecule has 1 radical (unpaired) electrons. The first kappa shape index (κ1) is 16.6. The van der Waals surface area contributed by atoms with Crippen molar-refractivity contribution < 1.29 is 9.21 Å². The van der Waals surface area contributed by atoms with Crippen molar-refractivity contribution in [2.24, 2.45) is 0 Å². The maximum atomic E-state index is 12.6. The molecule has 0 spiro atoms. The normalized spacial score (nSPS) is 18.3. The molecule has 24 heavy (non-hydrogen) atoms. The second-order valence-corrected chi connectivity index (χ2v) is 6.94. The molecule has 4 nitrogen and oxygen atoms in total. The van der Waals surface area contributed by atoms with Crippen molar-refractivity contribution in [3.63, 3.8) is 0 Å². The Morgan fingerprint density at radius 1 is 1.33 bits per heavy atom. The summed E-state index contributed by atoms with van der Waals surface area (Å²) in [6.45, 7) is 11.0. The fourth-order valence-electron chi connectivity index (χ4n) is 3.26. The second-order valence-electron chi connectivity index (χ2n) is 6.94. The number of carbonyl (C=O) groups is 1. The number of furan rings is 1. The summed E-state index contributed by atoms with van der Waals surface area (Å²) in [5, 5.41) is 0. The first-order valence-corrected chi connectivity index (χ1v) is 8.57. The van der Waals surface area contributed by atoms with Crippen LogP contribution in [-0.2, 0) is 0 Å². The van der Waals surface area contributed by atoms with Crippen LogP contribution in [0.25, 0.3) is 0 Å². The Morgan fingerprint density at radius 2 is 2.12 bits per heavy atom. The Kier molecular flexibility index (Phi) is 4.65. The number of amides is 1. The lowest BCUT2D eigenvalue weighted by Crippen LogP contribution is -2.54. The van der Waals surface area contributed by atoms with E-state index in [4.69, 9.17) is 4.42 Å².